The van der Waals surface area contributed by atoms with E-state index in [0.717, 1.165) is 11.1 Å². The number of rotatable bonds is 7. The Hall–Kier alpha value is -4.63. The highest BCUT2D eigenvalue weighted by Gasteiger charge is 2.36. The molecule has 2 aromatic carbocycles. The van der Waals surface area contributed by atoms with Crippen LogP contribution in [0.1, 0.15) is 43.5 Å². The molecule has 10 heteroatoms. The normalized spacial score (nSPS) is 19.8. The average molecular weight is 611 g/mol. The van der Waals surface area contributed by atoms with Gasteiger partial charge in [-0.3, -0.25) is 9.36 Å². The molecule has 4 heterocycles. The maximum Gasteiger partial charge on any atom is 0.350 e. The number of carbonyl (C=O) groups is 1. The van der Waals surface area contributed by atoms with E-state index in [9.17, 15) is 9.59 Å². The number of allylic oxidation sites excluding steroid dienone is 1. The van der Waals surface area contributed by atoms with E-state index >= 15 is 0 Å². The lowest BCUT2D eigenvalue weighted by atomic mass is 9.92. The first-order chi connectivity index (χ1) is 21.2. The van der Waals surface area contributed by atoms with Gasteiger partial charge in [0.25, 0.3) is 0 Å². The Balaban J connectivity index is 1.57. The van der Waals surface area contributed by atoms with Crippen molar-refractivity contribution in [2.24, 2.45) is 0 Å². The molecular weight excluding hydrogens is 576 g/mol. The highest BCUT2D eigenvalue weighted by atomic mass is 35.5. The second-order valence-electron chi connectivity index (χ2n) is 11.4. The summed E-state index contributed by atoms with van der Waals surface area (Å²) in [5, 5.41) is 1.16. The third-order valence-electron chi connectivity index (χ3n) is 8.51. The number of carbonyl (C=O) groups excluding carboxylic acids is 1. The minimum absolute atomic E-state index is 0.115. The van der Waals surface area contributed by atoms with Gasteiger partial charge >= 0.3 is 5.69 Å². The molecule has 9 nitrogen and oxygen atoms in total. The fourth-order valence-corrected chi connectivity index (χ4v) is 6.72. The topological polar surface area (TPSA) is 85.5 Å². The summed E-state index contributed by atoms with van der Waals surface area (Å²) in [6.45, 7) is 15.8. The molecule has 3 atom stereocenters. The molecule has 0 spiro atoms. The van der Waals surface area contributed by atoms with Crippen molar-refractivity contribution in [3.8, 4) is 5.75 Å². The highest BCUT2D eigenvalue weighted by Crippen LogP contribution is 2.46. The lowest BCUT2D eigenvalue weighted by Crippen LogP contribution is -2.58. The van der Waals surface area contributed by atoms with Crippen molar-refractivity contribution in [1.82, 2.24) is 24.0 Å². The van der Waals surface area contributed by atoms with Crippen LogP contribution in [-0.2, 0) is 11.3 Å². The summed E-state index contributed by atoms with van der Waals surface area (Å²) in [5.74, 6) is 0.915. The number of imidazole rings is 1. The van der Waals surface area contributed by atoms with Crippen molar-refractivity contribution in [3.63, 3.8) is 0 Å². The van der Waals surface area contributed by atoms with Crippen molar-refractivity contribution in [3.05, 3.63) is 107 Å². The van der Waals surface area contributed by atoms with Crippen LogP contribution in [0.2, 0.25) is 5.02 Å². The molecule has 0 bridgehead atoms. The number of anilines is 1. The quantitative estimate of drug-likeness (QED) is 0.254. The standard InChI is InChI=1S/C34H35ClN6O3/c1-6-10-24-11-8-9-12-26(24)23(5)30-28(35)15-27-31-32(30)44-19-25(18-38-14-13-36-20-38)41(31)34(43)37-33(27)40-17-21(3)39(16-22(40)4)29(42)7-2/h6-15,20-22,25H,2,5,16-19H2,1,3-4H3/b10-6-/t21-,22+,25-/m1/s1. The molecule has 1 fully saturated rings. The summed E-state index contributed by atoms with van der Waals surface area (Å²) in [7, 11) is 0. The average Bonchev–Trinajstić information content (AvgIpc) is 3.53. The van der Waals surface area contributed by atoms with Gasteiger partial charge in [0.1, 0.15) is 12.4 Å². The van der Waals surface area contributed by atoms with Gasteiger partial charge in [0.2, 0.25) is 5.91 Å². The second kappa shape index (κ2) is 11.8. The number of ether oxygens (including phenoxy) is 1. The van der Waals surface area contributed by atoms with E-state index in [1.807, 2.05) is 74.0 Å². The molecule has 0 aliphatic carbocycles. The number of nitrogens with zero attached hydrogens (tertiary/aromatic N) is 6. The summed E-state index contributed by atoms with van der Waals surface area (Å²) in [5.41, 5.74) is 3.51. The third kappa shape index (κ3) is 5.01. The summed E-state index contributed by atoms with van der Waals surface area (Å²) >= 11 is 7.12. The number of aromatic nitrogens is 4. The molecule has 0 unspecified atom stereocenters. The number of halogens is 1. The maximum absolute atomic E-state index is 14.0. The van der Waals surface area contributed by atoms with Crippen LogP contribution < -0.4 is 15.3 Å². The van der Waals surface area contributed by atoms with Crippen LogP contribution in [0, 0.1) is 0 Å². The van der Waals surface area contributed by atoms with E-state index in [4.69, 9.17) is 16.3 Å². The SMILES string of the molecule is C=CC(=O)N1C[C@H](C)N(c2nc(=O)n3c4c(c(C(=C)c5ccccc5/C=C\C)c(Cl)cc24)OC[C@H]3Cn2ccnc2)C[C@H]1C. The molecule has 226 valence electrons. The summed E-state index contributed by atoms with van der Waals surface area (Å²) in [6, 6.07) is 9.29. The fourth-order valence-electron chi connectivity index (χ4n) is 6.41. The molecule has 6 rings (SSSR count). The van der Waals surface area contributed by atoms with E-state index in [1.165, 1.54) is 6.08 Å². The van der Waals surface area contributed by atoms with Gasteiger partial charge in [-0.2, -0.15) is 4.98 Å². The first-order valence-electron chi connectivity index (χ1n) is 14.7. The Morgan fingerprint density at radius 2 is 2.00 bits per heavy atom. The van der Waals surface area contributed by atoms with Gasteiger partial charge in [-0.05, 0) is 49.6 Å². The van der Waals surface area contributed by atoms with Crippen LogP contribution in [0.25, 0.3) is 22.6 Å². The summed E-state index contributed by atoms with van der Waals surface area (Å²) in [6.07, 6.45) is 10.6. The van der Waals surface area contributed by atoms with E-state index < -0.39 is 0 Å². The van der Waals surface area contributed by atoms with E-state index in [2.05, 4.69) is 28.0 Å². The molecule has 2 aliphatic heterocycles. The number of benzene rings is 2. The van der Waals surface area contributed by atoms with Gasteiger partial charge in [0.15, 0.2) is 5.75 Å². The zero-order chi connectivity index (χ0) is 31.1. The van der Waals surface area contributed by atoms with E-state index in [1.54, 1.807) is 22.0 Å². The zero-order valence-corrected chi connectivity index (χ0v) is 25.9. The Kier molecular flexibility index (Phi) is 7.90. The minimum Gasteiger partial charge on any atom is -0.488 e. The van der Waals surface area contributed by atoms with Crippen LogP contribution in [0.4, 0.5) is 5.82 Å². The molecule has 1 saturated heterocycles. The maximum atomic E-state index is 14.0. The van der Waals surface area contributed by atoms with E-state index in [0.29, 0.717) is 58.3 Å². The van der Waals surface area contributed by atoms with Gasteiger partial charge in [0, 0.05) is 55.1 Å². The predicted molar refractivity (Wildman–Crippen MR) is 175 cm³/mol. The summed E-state index contributed by atoms with van der Waals surface area (Å²) in [4.78, 5) is 39.3. The first kappa shape index (κ1) is 29.4. The molecule has 2 aliphatic rings. The smallest absolute Gasteiger partial charge is 0.350 e. The molecule has 0 radical (unpaired) electrons. The first-order valence-corrected chi connectivity index (χ1v) is 15.1. The van der Waals surface area contributed by atoms with Crippen LogP contribution in [0.3, 0.4) is 0 Å². The number of hydrogen-bond acceptors (Lipinski definition) is 6. The lowest BCUT2D eigenvalue weighted by Gasteiger charge is -2.45. The molecule has 44 heavy (non-hydrogen) atoms. The van der Waals surface area contributed by atoms with Gasteiger partial charge in [-0.15, -0.1) is 0 Å². The molecule has 0 saturated carbocycles. The predicted octanol–water partition coefficient (Wildman–Crippen LogP) is 5.59. The fraction of sp³-hybridized carbons (Fsp3) is 0.294. The number of hydrogen-bond donors (Lipinski definition) is 0. The molecular formula is C34H35ClN6O3. The van der Waals surface area contributed by atoms with Gasteiger partial charge < -0.3 is 19.1 Å². The zero-order valence-electron chi connectivity index (χ0n) is 25.1. The number of piperazine rings is 1. The third-order valence-corrected chi connectivity index (χ3v) is 8.81. The molecule has 4 aromatic rings. The lowest BCUT2D eigenvalue weighted by molar-refractivity contribution is -0.128. The van der Waals surface area contributed by atoms with Gasteiger partial charge in [-0.1, -0.05) is 61.2 Å². The van der Waals surface area contributed by atoms with Crippen molar-refractivity contribution in [2.75, 3.05) is 24.6 Å². The Bertz CT molecular complexity index is 1860. The van der Waals surface area contributed by atoms with Crippen LogP contribution in [0.5, 0.6) is 5.75 Å². The Morgan fingerprint density at radius 3 is 2.73 bits per heavy atom. The van der Waals surface area contributed by atoms with Crippen molar-refractivity contribution in [1.29, 1.82) is 0 Å². The Labute approximate surface area is 261 Å². The van der Waals surface area contributed by atoms with Crippen molar-refractivity contribution >= 4 is 45.9 Å². The Morgan fingerprint density at radius 1 is 1.20 bits per heavy atom. The van der Waals surface area contributed by atoms with Crippen LogP contribution in [-0.4, -0.2) is 61.7 Å². The van der Waals surface area contributed by atoms with Crippen LogP contribution >= 0.6 is 11.6 Å². The summed E-state index contributed by atoms with van der Waals surface area (Å²) < 4.78 is 10.2. The molecule has 1 amide bonds. The minimum atomic E-state index is -0.375. The monoisotopic (exact) mass is 610 g/mol. The second-order valence-corrected chi connectivity index (χ2v) is 11.8. The van der Waals surface area contributed by atoms with E-state index in [-0.39, 0.29) is 36.3 Å². The highest BCUT2D eigenvalue weighted by molar-refractivity contribution is 6.34. The van der Waals surface area contributed by atoms with Gasteiger partial charge in [0.05, 0.1) is 22.9 Å². The molecule has 2 aromatic heterocycles. The van der Waals surface area contributed by atoms with Gasteiger partial charge in [-0.25, -0.2) is 9.78 Å². The largest absolute Gasteiger partial charge is 0.488 e. The van der Waals surface area contributed by atoms with Crippen molar-refractivity contribution < 1.29 is 9.53 Å². The number of amides is 1. The van der Waals surface area contributed by atoms with Crippen molar-refractivity contribution in [2.45, 2.75) is 45.4 Å². The van der Waals surface area contributed by atoms with Crippen LogP contribution in [0.15, 0.2) is 79.2 Å². The molecule has 0 N–H and O–H groups in total.